The minimum Gasteiger partial charge on any atom is -0.486 e. The molecule has 0 radical (unpaired) electrons. The normalized spacial score (nSPS) is 16.1. The van der Waals surface area contributed by atoms with Crippen molar-refractivity contribution in [2.75, 3.05) is 29.0 Å². The molecule has 2 aromatic carbocycles. The van der Waals surface area contributed by atoms with E-state index in [1.54, 1.807) is 0 Å². The molecule has 5 heteroatoms. The monoisotopic (exact) mass is 339 g/mol. The summed E-state index contributed by atoms with van der Waals surface area (Å²) in [5.74, 6) is 0.740. The number of anilines is 3. The van der Waals surface area contributed by atoms with Crippen LogP contribution in [-0.4, -0.2) is 25.1 Å². The van der Waals surface area contributed by atoms with E-state index in [1.807, 2.05) is 49.1 Å². The van der Waals surface area contributed by atoms with Gasteiger partial charge in [0.1, 0.15) is 11.9 Å². The van der Waals surface area contributed by atoms with E-state index in [9.17, 15) is 4.79 Å². The number of fused-ring (bicyclic) bond motifs is 1. The summed E-state index contributed by atoms with van der Waals surface area (Å²) in [5, 5.41) is 3.01. The number of nitrogens with one attached hydrogen (secondary N) is 1. The Morgan fingerprint density at radius 3 is 2.80 bits per heavy atom. The predicted octanol–water partition coefficient (Wildman–Crippen LogP) is 3.50. The topological polar surface area (TPSA) is 67.6 Å². The van der Waals surface area contributed by atoms with Gasteiger partial charge >= 0.3 is 0 Å². The summed E-state index contributed by atoms with van der Waals surface area (Å²) in [7, 11) is 0. The number of carbonyl (C=O) groups excluding carboxylic acids is 1. The zero-order valence-electron chi connectivity index (χ0n) is 15.0. The highest BCUT2D eigenvalue weighted by molar-refractivity contribution is 5.95. The summed E-state index contributed by atoms with van der Waals surface area (Å²) in [6.07, 6.45) is 0.962. The van der Waals surface area contributed by atoms with E-state index >= 15 is 0 Å². The number of hydrogen-bond donors (Lipinski definition) is 2. The molecule has 5 nitrogen and oxygen atoms in total. The fourth-order valence-corrected chi connectivity index (χ4v) is 3.12. The third kappa shape index (κ3) is 3.87. The lowest BCUT2D eigenvalue weighted by molar-refractivity contribution is -0.115. The van der Waals surface area contributed by atoms with Crippen molar-refractivity contribution in [3.63, 3.8) is 0 Å². The third-order valence-corrected chi connectivity index (χ3v) is 4.49. The highest BCUT2D eigenvalue weighted by Crippen LogP contribution is 2.35. The molecule has 132 valence electrons. The van der Waals surface area contributed by atoms with Gasteiger partial charge in [-0.05, 0) is 50.1 Å². The van der Waals surface area contributed by atoms with Gasteiger partial charge in [-0.25, -0.2) is 0 Å². The number of nitrogen functional groups attached to an aromatic ring is 1. The molecule has 0 aromatic heterocycles. The van der Waals surface area contributed by atoms with Crippen molar-refractivity contribution in [1.82, 2.24) is 0 Å². The van der Waals surface area contributed by atoms with E-state index in [2.05, 4.69) is 18.3 Å². The van der Waals surface area contributed by atoms with Gasteiger partial charge in [0.15, 0.2) is 0 Å². The average Bonchev–Trinajstić information content (AvgIpc) is 2.57. The summed E-state index contributed by atoms with van der Waals surface area (Å²) in [6, 6.07) is 11.6. The second-order valence-electron chi connectivity index (χ2n) is 6.62. The average molecular weight is 339 g/mol. The van der Waals surface area contributed by atoms with E-state index in [4.69, 9.17) is 10.5 Å². The molecule has 2 aromatic rings. The van der Waals surface area contributed by atoms with Gasteiger partial charge in [0.2, 0.25) is 5.91 Å². The Labute approximate surface area is 148 Å². The minimum absolute atomic E-state index is 0.0444. The van der Waals surface area contributed by atoms with Gasteiger partial charge in [0, 0.05) is 11.4 Å². The molecule has 3 N–H and O–H groups in total. The molecular weight excluding hydrogens is 314 g/mol. The largest absolute Gasteiger partial charge is 0.486 e. The number of carbonyl (C=O) groups is 1. The number of aryl methyl sites for hydroxylation is 2. The molecule has 1 atom stereocenters. The Morgan fingerprint density at radius 1 is 1.28 bits per heavy atom. The smallest absolute Gasteiger partial charge is 0.243 e. The number of amides is 1. The second-order valence-corrected chi connectivity index (χ2v) is 6.62. The van der Waals surface area contributed by atoms with Crippen molar-refractivity contribution >= 4 is 23.0 Å². The lowest BCUT2D eigenvalue weighted by atomic mass is 10.1. The second kappa shape index (κ2) is 7.05. The van der Waals surface area contributed by atoms with Crippen LogP contribution in [0.15, 0.2) is 36.4 Å². The zero-order chi connectivity index (χ0) is 18.0. The molecule has 0 spiro atoms. The highest BCUT2D eigenvalue weighted by Gasteiger charge is 2.26. The standard InChI is InChI=1S/C20H25N3O2/c1-4-16-11-23(18-10-15(21)6-8-19(18)25-16)12-20(24)22-17-7-5-13(2)9-14(17)3/h5-10,16H,4,11-12,21H2,1-3H3,(H,22,24). The molecule has 0 aliphatic carbocycles. The first kappa shape index (κ1) is 17.1. The van der Waals surface area contributed by atoms with E-state index in [-0.39, 0.29) is 18.6 Å². The van der Waals surface area contributed by atoms with Crippen LogP contribution in [0.4, 0.5) is 17.1 Å². The van der Waals surface area contributed by atoms with Crippen LogP contribution >= 0.6 is 0 Å². The Kier molecular flexibility index (Phi) is 4.83. The lowest BCUT2D eigenvalue weighted by Gasteiger charge is -2.35. The quantitative estimate of drug-likeness (QED) is 0.837. The summed E-state index contributed by atoms with van der Waals surface area (Å²) >= 11 is 0. The van der Waals surface area contributed by atoms with E-state index in [1.165, 1.54) is 5.56 Å². The molecule has 1 aliphatic heterocycles. The lowest BCUT2D eigenvalue weighted by Crippen LogP contribution is -2.43. The van der Waals surface area contributed by atoms with Crippen molar-refractivity contribution in [2.24, 2.45) is 0 Å². The van der Waals surface area contributed by atoms with Crippen LogP contribution in [-0.2, 0) is 4.79 Å². The number of nitrogens with zero attached hydrogens (tertiary/aromatic N) is 1. The number of hydrogen-bond acceptors (Lipinski definition) is 4. The van der Waals surface area contributed by atoms with Crippen molar-refractivity contribution in [3.8, 4) is 5.75 Å². The minimum atomic E-state index is -0.0444. The van der Waals surface area contributed by atoms with Crippen molar-refractivity contribution < 1.29 is 9.53 Å². The Hall–Kier alpha value is -2.69. The fourth-order valence-electron chi connectivity index (χ4n) is 3.12. The molecule has 1 unspecified atom stereocenters. The van der Waals surface area contributed by atoms with Gasteiger partial charge < -0.3 is 20.7 Å². The number of rotatable bonds is 4. The molecule has 3 rings (SSSR count). The Morgan fingerprint density at radius 2 is 2.08 bits per heavy atom. The first-order chi connectivity index (χ1) is 12.0. The van der Waals surface area contributed by atoms with E-state index < -0.39 is 0 Å². The van der Waals surface area contributed by atoms with E-state index in [0.717, 1.165) is 29.1 Å². The van der Waals surface area contributed by atoms with Crippen LogP contribution in [0.3, 0.4) is 0 Å². The van der Waals surface area contributed by atoms with Gasteiger partial charge in [0.05, 0.1) is 18.8 Å². The van der Waals surface area contributed by atoms with Gasteiger partial charge in [0.25, 0.3) is 0 Å². The van der Waals surface area contributed by atoms with Crippen LogP contribution in [0.5, 0.6) is 5.75 Å². The van der Waals surface area contributed by atoms with Crippen LogP contribution in [0, 0.1) is 13.8 Å². The first-order valence-corrected chi connectivity index (χ1v) is 8.64. The highest BCUT2D eigenvalue weighted by atomic mass is 16.5. The number of nitrogens with two attached hydrogens (primary N) is 1. The van der Waals surface area contributed by atoms with Crippen molar-refractivity contribution in [3.05, 3.63) is 47.5 Å². The van der Waals surface area contributed by atoms with Crippen molar-refractivity contribution in [1.29, 1.82) is 0 Å². The number of benzene rings is 2. The molecule has 25 heavy (non-hydrogen) atoms. The summed E-state index contributed by atoms with van der Waals surface area (Å²) < 4.78 is 5.97. The first-order valence-electron chi connectivity index (χ1n) is 8.64. The molecule has 1 aliphatic rings. The summed E-state index contributed by atoms with van der Waals surface area (Å²) in [5.41, 5.74) is 10.5. The SMILES string of the molecule is CCC1CN(CC(=O)Nc2ccc(C)cc2C)c2cc(N)ccc2O1. The molecule has 0 saturated heterocycles. The van der Waals surface area contributed by atoms with Crippen LogP contribution in [0.1, 0.15) is 24.5 Å². The fraction of sp³-hybridized carbons (Fsp3) is 0.350. The van der Waals surface area contributed by atoms with Crippen molar-refractivity contribution in [2.45, 2.75) is 33.3 Å². The molecular formula is C20H25N3O2. The van der Waals surface area contributed by atoms with Gasteiger partial charge in [-0.15, -0.1) is 0 Å². The van der Waals surface area contributed by atoms with E-state index in [0.29, 0.717) is 12.2 Å². The van der Waals surface area contributed by atoms with Gasteiger partial charge in [-0.3, -0.25) is 4.79 Å². The molecule has 0 fully saturated rings. The molecule has 1 heterocycles. The van der Waals surface area contributed by atoms with Crippen LogP contribution in [0.25, 0.3) is 0 Å². The predicted molar refractivity (Wildman–Crippen MR) is 102 cm³/mol. The summed E-state index contributed by atoms with van der Waals surface area (Å²) in [4.78, 5) is 14.6. The maximum Gasteiger partial charge on any atom is 0.243 e. The Balaban J connectivity index is 1.77. The van der Waals surface area contributed by atoms with Gasteiger partial charge in [-0.1, -0.05) is 24.6 Å². The van der Waals surface area contributed by atoms with Gasteiger partial charge in [-0.2, -0.15) is 0 Å². The molecule has 1 amide bonds. The zero-order valence-corrected chi connectivity index (χ0v) is 15.0. The summed E-state index contributed by atoms with van der Waals surface area (Å²) in [6.45, 7) is 7.07. The maximum atomic E-state index is 12.6. The number of ether oxygens (including phenoxy) is 1. The van der Waals surface area contributed by atoms with Crippen LogP contribution in [0.2, 0.25) is 0 Å². The molecule has 0 bridgehead atoms. The maximum absolute atomic E-state index is 12.6. The van der Waals surface area contributed by atoms with Crippen LogP contribution < -0.4 is 20.7 Å². The molecule has 0 saturated carbocycles. The Bertz CT molecular complexity index is 789. The third-order valence-electron chi connectivity index (χ3n) is 4.49.